The molecular weight excluding hydrogens is 434 g/mol. The summed E-state index contributed by atoms with van der Waals surface area (Å²) in [5, 5.41) is 13.9. The summed E-state index contributed by atoms with van der Waals surface area (Å²) in [4.78, 5) is 22.7. The van der Waals surface area contributed by atoms with Gasteiger partial charge >= 0.3 is 0 Å². The van der Waals surface area contributed by atoms with Gasteiger partial charge in [-0.15, -0.1) is 0 Å². The number of aryl methyl sites for hydroxylation is 1. The molecule has 0 aliphatic heterocycles. The Morgan fingerprint density at radius 3 is 2.47 bits per heavy atom. The molecule has 0 unspecified atom stereocenters. The van der Waals surface area contributed by atoms with E-state index < -0.39 is 14.9 Å². The second-order valence-electron chi connectivity index (χ2n) is 7.31. The Balaban J connectivity index is 1.84. The van der Waals surface area contributed by atoms with Crippen molar-refractivity contribution in [2.75, 3.05) is 30.3 Å². The van der Waals surface area contributed by atoms with Gasteiger partial charge in [-0.3, -0.25) is 19.2 Å². The minimum absolute atomic E-state index is 0.0362. The third-order valence-electron chi connectivity index (χ3n) is 4.93. The lowest BCUT2D eigenvalue weighted by Gasteiger charge is -2.24. The quantitative estimate of drug-likeness (QED) is 0.293. The van der Waals surface area contributed by atoms with Crippen LogP contribution in [0.5, 0.6) is 5.75 Å². The highest BCUT2D eigenvalue weighted by Gasteiger charge is 2.23. The monoisotopic (exact) mass is 463 g/mol. The Labute approximate surface area is 188 Å². The van der Waals surface area contributed by atoms with Gasteiger partial charge in [0.25, 0.3) is 5.69 Å². The second kappa shape index (κ2) is 11.5. The summed E-state index contributed by atoms with van der Waals surface area (Å²) >= 11 is 0. The number of nitrogens with zero attached hydrogens (tertiary/aromatic N) is 2. The highest BCUT2D eigenvalue weighted by atomic mass is 32.2. The zero-order valence-corrected chi connectivity index (χ0v) is 19.4. The lowest BCUT2D eigenvalue weighted by Crippen LogP contribution is -2.33. The maximum Gasteiger partial charge on any atom is 0.274 e. The Kier molecular flexibility index (Phi) is 9.01. The predicted molar refractivity (Wildman–Crippen MR) is 124 cm³/mol. The molecule has 0 fully saturated rings. The molecule has 0 radical (unpaired) electrons. The molecule has 0 aliphatic rings. The van der Waals surface area contributed by atoms with Gasteiger partial charge in [-0.2, -0.15) is 0 Å². The number of anilines is 1. The van der Waals surface area contributed by atoms with E-state index in [9.17, 15) is 23.3 Å². The second-order valence-corrected chi connectivity index (χ2v) is 9.22. The molecule has 2 rings (SSSR count). The molecule has 0 heterocycles. The Hall–Kier alpha value is -3.14. The van der Waals surface area contributed by atoms with Crippen molar-refractivity contribution in [1.82, 2.24) is 5.32 Å². The molecule has 0 saturated carbocycles. The molecule has 32 heavy (non-hydrogen) atoms. The van der Waals surface area contributed by atoms with Crippen LogP contribution < -0.4 is 14.4 Å². The van der Waals surface area contributed by atoms with E-state index in [0.717, 1.165) is 22.7 Å². The van der Waals surface area contributed by atoms with Gasteiger partial charge in [0, 0.05) is 19.0 Å². The van der Waals surface area contributed by atoms with Crippen molar-refractivity contribution < 1.29 is 22.9 Å². The van der Waals surface area contributed by atoms with E-state index in [1.54, 1.807) is 0 Å². The number of rotatable bonds is 12. The van der Waals surface area contributed by atoms with Crippen molar-refractivity contribution >= 4 is 27.3 Å². The zero-order chi connectivity index (χ0) is 23.7. The van der Waals surface area contributed by atoms with E-state index in [2.05, 4.69) is 12.2 Å². The molecule has 1 amide bonds. The predicted octanol–water partition coefficient (Wildman–Crippen LogP) is 3.21. The van der Waals surface area contributed by atoms with Crippen LogP contribution in [0.1, 0.15) is 30.9 Å². The van der Waals surface area contributed by atoms with E-state index in [0.29, 0.717) is 13.2 Å². The number of nitro groups is 1. The third-order valence-corrected chi connectivity index (χ3v) is 6.11. The Morgan fingerprint density at radius 2 is 1.88 bits per heavy atom. The first kappa shape index (κ1) is 25.1. The van der Waals surface area contributed by atoms with Crippen molar-refractivity contribution in [2.45, 2.75) is 33.1 Å². The van der Waals surface area contributed by atoms with Crippen molar-refractivity contribution in [1.29, 1.82) is 0 Å². The van der Waals surface area contributed by atoms with Gasteiger partial charge in [0.1, 0.15) is 12.4 Å². The summed E-state index contributed by atoms with van der Waals surface area (Å²) in [6.45, 7) is 4.27. The number of amides is 1. The van der Waals surface area contributed by atoms with Crippen LogP contribution in [0.4, 0.5) is 11.4 Å². The molecule has 1 N–H and O–H groups in total. The number of hydrogen-bond donors (Lipinski definition) is 1. The lowest BCUT2D eigenvalue weighted by molar-refractivity contribution is -0.385. The number of benzene rings is 2. The van der Waals surface area contributed by atoms with Crippen LogP contribution in [-0.4, -0.2) is 45.2 Å². The SMILES string of the molecule is CCc1ccc(OCCNC(=O)CCCN(c2cccc([N+](=O)[O-])c2C)S(C)(=O)=O)cc1. The Morgan fingerprint density at radius 1 is 1.19 bits per heavy atom. The maximum atomic E-state index is 12.3. The molecular formula is C22H29N3O6S. The number of ether oxygens (including phenoxy) is 1. The standard InChI is InChI=1S/C22H29N3O6S/c1-4-18-10-12-19(13-11-18)31-16-14-23-22(26)9-6-15-24(32(3,29)30)20-7-5-8-21(17(20)2)25(27)28/h5,7-8,10-13H,4,6,9,14-16H2,1-3H3,(H,23,26). The fourth-order valence-electron chi connectivity index (χ4n) is 3.20. The van der Waals surface area contributed by atoms with Crippen LogP contribution in [0.25, 0.3) is 0 Å². The van der Waals surface area contributed by atoms with Crippen LogP contribution in [0.2, 0.25) is 0 Å². The molecule has 2 aromatic rings. The third kappa shape index (κ3) is 7.23. The topological polar surface area (TPSA) is 119 Å². The van der Waals surface area contributed by atoms with E-state index in [-0.39, 0.29) is 42.2 Å². The molecule has 0 aliphatic carbocycles. The van der Waals surface area contributed by atoms with Crippen LogP contribution in [0.3, 0.4) is 0 Å². The molecule has 0 saturated heterocycles. The molecule has 9 nitrogen and oxygen atoms in total. The summed E-state index contributed by atoms with van der Waals surface area (Å²) in [6.07, 6.45) is 2.37. The first-order chi connectivity index (χ1) is 15.1. The summed E-state index contributed by atoms with van der Waals surface area (Å²) in [5.74, 6) is 0.506. The summed E-state index contributed by atoms with van der Waals surface area (Å²) in [7, 11) is -3.68. The number of sulfonamides is 1. The number of carbonyl (C=O) groups excluding carboxylic acids is 1. The van der Waals surface area contributed by atoms with E-state index in [1.165, 1.54) is 30.7 Å². The van der Waals surface area contributed by atoms with Crippen LogP contribution in [0, 0.1) is 17.0 Å². The molecule has 0 bridgehead atoms. The average Bonchev–Trinajstić information content (AvgIpc) is 2.74. The average molecular weight is 464 g/mol. The molecule has 0 atom stereocenters. The number of hydrogen-bond acceptors (Lipinski definition) is 6. The first-order valence-electron chi connectivity index (χ1n) is 10.3. The fourth-order valence-corrected chi connectivity index (χ4v) is 4.21. The lowest BCUT2D eigenvalue weighted by atomic mass is 10.1. The van der Waals surface area contributed by atoms with Gasteiger partial charge in [-0.05, 0) is 43.5 Å². The molecule has 2 aromatic carbocycles. The summed E-state index contributed by atoms with van der Waals surface area (Å²) in [6, 6.07) is 12.0. The van der Waals surface area contributed by atoms with Gasteiger partial charge in [-0.25, -0.2) is 8.42 Å². The minimum atomic E-state index is -3.68. The van der Waals surface area contributed by atoms with Crippen LogP contribution >= 0.6 is 0 Å². The van der Waals surface area contributed by atoms with Gasteiger partial charge in [-0.1, -0.05) is 25.1 Å². The van der Waals surface area contributed by atoms with Crippen molar-refractivity contribution in [2.24, 2.45) is 0 Å². The molecule has 174 valence electrons. The normalized spacial score (nSPS) is 11.1. The van der Waals surface area contributed by atoms with Crippen LogP contribution in [0.15, 0.2) is 42.5 Å². The largest absolute Gasteiger partial charge is 0.492 e. The van der Waals surface area contributed by atoms with Gasteiger partial charge in [0.05, 0.1) is 29.0 Å². The fraction of sp³-hybridized carbons (Fsp3) is 0.409. The van der Waals surface area contributed by atoms with Gasteiger partial charge < -0.3 is 10.1 Å². The van der Waals surface area contributed by atoms with E-state index in [4.69, 9.17) is 4.74 Å². The zero-order valence-electron chi connectivity index (χ0n) is 18.5. The first-order valence-corrected chi connectivity index (χ1v) is 12.2. The highest BCUT2D eigenvalue weighted by Crippen LogP contribution is 2.30. The van der Waals surface area contributed by atoms with E-state index in [1.807, 2.05) is 24.3 Å². The summed E-state index contributed by atoms with van der Waals surface area (Å²) in [5.41, 5.74) is 1.56. The maximum absolute atomic E-state index is 12.3. The molecule has 10 heteroatoms. The van der Waals surface area contributed by atoms with Gasteiger partial charge in [0.2, 0.25) is 15.9 Å². The minimum Gasteiger partial charge on any atom is -0.492 e. The number of carbonyl (C=O) groups is 1. The molecule has 0 aromatic heterocycles. The molecule has 0 spiro atoms. The summed E-state index contributed by atoms with van der Waals surface area (Å²) < 4.78 is 31.2. The number of nitrogens with one attached hydrogen (secondary N) is 1. The van der Waals surface area contributed by atoms with Crippen molar-refractivity contribution in [3.63, 3.8) is 0 Å². The van der Waals surface area contributed by atoms with Crippen molar-refractivity contribution in [3.8, 4) is 5.75 Å². The van der Waals surface area contributed by atoms with Gasteiger partial charge in [0.15, 0.2) is 0 Å². The van der Waals surface area contributed by atoms with Crippen LogP contribution in [-0.2, 0) is 21.2 Å². The smallest absolute Gasteiger partial charge is 0.274 e. The van der Waals surface area contributed by atoms with E-state index >= 15 is 0 Å². The number of nitro benzene ring substituents is 1. The highest BCUT2D eigenvalue weighted by molar-refractivity contribution is 7.92. The Bertz CT molecular complexity index is 1040. The van der Waals surface area contributed by atoms with Crippen molar-refractivity contribution in [3.05, 3.63) is 63.7 Å².